The highest BCUT2D eigenvalue weighted by Gasteiger charge is 2.24. The van der Waals surface area contributed by atoms with Crippen LogP contribution in [0.4, 0.5) is 5.69 Å². The van der Waals surface area contributed by atoms with E-state index in [2.05, 4.69) is 19.2 Å². The second kappa shape index (κ2) is 8.92. The van der Waals surface area contributed by atoms with Crippen molar-refractivity contribution in [2.24, 2.45) is 5.92 Å². The largest absolute Gasteiger partial charge is 0.489 e. The molecule has 6 nitrogen and oxygen atoms in total. The summed E-state index contributed by atoms with van der Waals surface area (Å²) in [5.74, 6) is 0.574. The van der Waals surface area contributed by atoms with Crippen LogP contribution in [0.25, 0.3) is 0 Å². The van der Waals surface area contributed by atoms with Crippen LogP contribution >= 0.6 is 0 Å². The first-order valence-electron chi connectivity index (χ1n) is 8.11. The van der Waals surface area contributed by atoms with Crippen molar-refractivity contribution in [2.75, 3.05) is 23.7 Å². The van der Waals surface area contributed by atoms with Gasteiger partial charge in [-0.25, -0.2) is 8.42 Å². The Balaban J connectivity index is 2.97. The van der Waals surface area contributed by atoms with Crippen molar-refractivity contribution in [3.63, 3.8) is 0 Å². The number of nitrogens with zero attached hydrogens (tertiary/aromatic N) is 1. The number of nitrogens with one attached hydrogen (secondary N) is 1. The van der Waals surface area contributed by atoms with Crippen molar-refractivity contribution < 1.29 is 17.9 Å². The smallest absolute Gasteiger partial charge is 0.240 e. The number of benzene rings is 1. The zero-order valence-electron chi connectivity index (χ0n) is 15.1. The van der Waals surface area contributed by atoms with Gasteiger partial charge in [0.25, 0.3) is 0 Å². The number of carbonyl (C=O) groups excluding carboxylic acids is 1. The van der Waals surface area contributed by atoms with Gasteiger partial charge in [-0.1, -0.05) is 26.0 Å². The van der Waals surface area contributed by atoms with E-state index in [1.807, 2.05) is 13.8 Å². The highest BCUT2D eigenvalue weighted by atomic mass is 32.2. The second-order valence-electron chi connectivity index (χ2n) is 6.44. The molecule has 1 aromatic rings. The first-order valence-corrected chi connectivity index (χ1v) is 9.96. The van der Waals surface area contributed by atoms with Crippen molar-refractivity contribution >= 4 is 21.6 Å². The molecule has 0 aliphatic heterocycles. The van der Waals surface area contributed by atoms with Crippen LogP contribution in [0.15, 0.2) is 24.3 Å². The molecular formula is C17H28N2O4S. The van der Waals surface area contributed by atoms with E-state index < -0.39 is 10.0 Å². The standard InChI is InChI=1S/C17H28N2O4S/c1-13(2)10-11-18-17(20)12-19(24(5,21)22)15-8-6-7-9-16(15)23-14(3)4/h6-9,13-14H,10-12H2,1-5H3,(H,18,20). The minimum absolute atomic E-state index is 0.104. The van der Waals surface area contributed by atoms with Crippen LogP contribution in [0.3, 0.4) is 0 Å². The fourth-order valence-electron chi connectivity index (χ4n) is 2.08. The van der Waals surface area contributed by atoms with E-state index in [-0.39, 0.29) is 18.6 Å². The van der Waals surface area contributed by atoms with Crippen LogP contribution in [-0.4, -0.2) is 39.8 Å². The topological polar surface area (TPSA) is 75.7 Å². The van der Waals surface area contributed by atoms with E-state index in [1.165, 1.54) is 0 Å². The average Bonchev–Trinajstić information content (AvgIpc) is 2.43. The third-order valence-electron chi connectivity index (χ3n) is 3.23. The molecule has 7 heteroatoms. The van der Waals surface area contributed by atoms with Gasteiger partial charge >= 0.3 is 0 Å². The van der Waals surface area contributed by atoms with Gasteiger partial charge < -0.3 is 10.1 Å². The minimum Gasteiger partial charge on any atom is -0.489 e. The van der Waals surface area contributed by atoms with Gasteiger partial charge in [-0.05, 0) is 38.3 Å². The number of carbonyl (C=O) groups is 1. The quantitative estimate of drug-likeness (QED) is 0.737. The van der Waals surface area contributed by atoms with Crippen LogP contribution in [0.2, 0.25) is 0 Å². The Morgan fingerprint density at radius 2 is 1.83 bits per heavy atom. The number of ether oxygens (including phenoxy) is 1. The summed E-state index contributed by atoms with van der Waals surface area (Å²) in [5.41, 5.74) is 0.368. The predicted molar refractivity (Wildman–Crippen MR) is 96.9 cm³/mol. The minimum atomic E-state index is -3.62. The highest BCUT2D eigenvalue weighted by Crippen LogP contribution is 2.30. The van der Waals surface area contributed by atoms with Crippen LogP contribution in [0.1, 0.15) is 34.1 Å². The molecule has 1 aromatic carbocycles. The molecule has 1 N–H and O–H groups in total. The molecule has 0 aromatic heterocycles. The van der Waals surface area contributed by atoms with Gasteiger partial charge in [0, 0.05) is 6.54 Å². The highest BCUT2D eigenvalue weighted by molar-refractivity contribution is 7.92. The van der Waals surface area contributed by atoms with Crippen LogP contribution < -0.4 is 14.4 Å². The third-order valence-corrected chi connectivity index (χ3v) is 4.35. The molecule has 0 aliphatic carbocycles. The molecule has 0 radical (unpaired) electrons. The maximum absolute atomic E-state index is 12.2. The predicted octanol–water partition coefficient (Wildman–Crippen LogP) is 2.40. The summed E-state index contributed by atoms with van der Waals surface area (Å²) in [7, 11) is -3.62. The monoisotopic (exact) mass is 356 g/mol. The molecule has 0 bridgehead atoms. The van der Waals surface area contributed by atoms with E-state index in [0.717, 1.165) is 17.0 Å². The van der Waals surface area contributed by atoms with Crippen LogP contribution in [0.5, 0.6) is 5.75 Å². The second-order valence-corrected chi connectivity index (χ2v) is 8.34. The molecule has 0 unspecified atom stereocenters. The Hall–Kier alpha value is -1.76. The van der Waals surface area contributed by atoms with Gasteiger partial charge in [0.1, 0.15) is 12.3 Å². The summed E-state index contributed by atoms with van der Waals surface area (Å²) < 4.78 is 31.1. The lowest BCUT2D eigenvalue weighted by Gasteiger charge is -2.25. The van der Waals surface area contributed by atoms with Crippen molar-refractivity contribution in [2.45, 2.75) is 40.2 Å². The molecule has 0 fully saturated rings. The zero-order valence-corrected chi connectivity index (χ0v) is 15.9. The van der Waals surface area contributed by atoms with Crippen molar-refractivity contribution in [3.05, 3.63) is 24.3 Å². The molecule has 0 saturated heterocycles. The molecule has 1 rings (SSSR count). The fraction of sp³-hybridized carbons (Fsp3) is 0.588. The summed E-state index contributed by atoms with van der Waals surface area (Å²) in [5, 5.41) is 2.76. The van der Waals surface area contributed by atoms with Crippen LogP contribution in [-0.2, 0) is 14.8 Å². The maximum Gasteiger partial charge on any atom is 0.240 e. The Bertz CT molecular complexity index is 642. The average molecular weight is 356 g/mol. The van der Waals surface area contributed by atoms with E-state index in [9.17, 15) is 13.2 Å². The first-order chi connectivity index (χ1) is 11.1. The molecule has 0 heterocycles. The molecule has 0 saturated carbocycles. The molecule has 0 atom stereocenters. The van der Waals surface area contributed by atoms with Gasteiger partial charge in [-0.15, -0.1) is 0 Å². The van der Waals surface area contributed by atoms with Gasteiger partial charge in [-0.3, -0.25) is 9.10 Å². The number of sulfonamides is 1. The lowest BCUT2D eigenvalue weighted by atomic mass is 10.1. The summed E-state index contributed by atoms with van der Waals surface area (Å²) in [4.78, 5) is 12.1. The van der Waals surface area contributed by atoms with Crippen molar-refractivity contribution in [3.8, 4) is 5.75 Å². The number of hydrogen-bond acceptors (Lipinski definition) is 4. The maximum atomic E-state index is 12.2. The van der Waals surface area contributed by atoms with Crippen LogP contribution in [0, 0.1) is 5.92 Å². The van der Waals surface area contributed by atoms with Gasteiger partial charge in [0.05, 0.1) is 18.0 Å². The van der Waals surface area contributed by atoms with Crippen molar-refractivity contribution in [1.82, 2.24) is 5.32 Å². The van der Waals surface area contributed by atoms with Gasteiger partial charge in [-0.2, -0.15) is 0 Å². The number of anilines is 1. The fourth-order valence-corrected chi connectivity index (χ4v) is 2.94. The van der Waals surface area contributed by atoms with E-state index in [4.69, 9.17) is 4.74 Å². The Labute approximate surface area is 145 Å². The van der Waals surface area contributed by atoms with E-state index in [0.29, 0.717) is 23.9 Å². The number of amides is 1. The molecule has 24 heavy (non-hydrogen) atoms. The molecule has 0 aliphatic rings. The summed E-state index contributed by atoms with van der Waals surface area (Å²) in [6.45, 7) is 8.11. The Kier molecular flexibility index (Phi) is 7.54. The first kappa shape index (κ1) is 20.3. The SMILES string of the molecule is CC(C)CCNC(=O)CN(c1ccccc1OC(C)C)S(C)(=O)=O. The van der Waals surface area contributed by atoms with E-state index >= 15 is 0 Å². The molecule has 136 valence electrons. The summed E-state index contributed by atoms with van der Waals surface area (Å²) in [6, 6.07) is 6.83. The van der Waals surface area contributed by atoms with Crippen molar-refractivity contribution in [1.29, 1.82) is 0 Å². The number of hydrogen-bond donors (Lipinski definition) is 1. The molecule has 0 spiro atoms. The van der Waals surface area contributed by atoms with Gasteiger partial charge in [0.15, 0.2) is 0 Å². The zero-order chi connectivity index (χ0) is 18.3. The lowest BCUT2D eigenvalue weighted by molar-refractivity contribution is -0.119. The number of rotatable bonds is 9. The van der Waals surface area contributed by atoms with E-state index in [1.54, 1.807) is 24.3 Å². The number of para-hydroxylation sites is 2. The lowest BCUT2D eigenvalue weighted by Crippen LogP contribution is -2.41. The Morgan fingerprint density at radius 3 is 2.38 bits per heavy atom. The van der Waals surface area contributed by atoms with Gasteiger partial charge in [0.2, 0.25) is 15.9 Å². The molecule has 1 amide bonds. The third kappa shape index (κ3) is 6.78. The normalized spacial score (nSPS) is 11.6. The summed E-state index contributed by atoms with van der Waals surface area (Å²) >= 11 is 0. The summed E-state index contributed by atoms with van der Waals surface area (Å²) in [6.07, 6.45) is 1.82. The molecular weight excluding hydrogens is 328 g/mol. The Morgan fingerprint density at radius 1 is 1.21 bits per heavy atom.